The minimum absolute atomic E-state index is 0.0323. The quantitative estimate of drug-likeness (QED) is 0.905. The van der Waals surface area contributed by atoms with Gasteiger partial charge in [-0.1, -0.05) is 20.8 Å². The summed E-state index contributed by atoms with van der Waals surface area (Å²) >= 11 is 0. The van der Waals surface area contributed by atoms with E-state index in [1.54, 1.807) is 16.4 Å². The van der Waals surface area contributed by atoms with Crippen LogP contribution < -0.4 is 5.32 Å². The summed E-state index contributed by atoms with van der Waals surface area (Å²) in [6, 6.07) is 3.29. The van der Waals surface area contributed by atoms with Gasteiger partial charge in [-0.3, -0.25) is 0 Å². The third-order valence-electron chi connectivity index (χ3n) is 3.65. The normalized spacial score (nSPS) is 20.1. The minimum Gasteiger partial charge on any atom is -0.447 e. The van der Waals surface area contributed by atoms with Crippen LogP contribution in [0.25, 0.3) is 0 Å². The van der Waals surface area contributed by atoms with Gasteiger partial charge in [-0.15, -0.1) is 0 Å². The molecule has 0 aromatic carbocycles. The van der Waals surface area contributed by atoms with E-state index < -0.39 is 10.0 Å². The Kier molecular flexibility index (Phi) is 4.56. The van der Waals surface area contributed by atoms with Gasteiger partial charge in [-0.25, -0.2) is 8.42 Å². The van der Waals surface area contributed by atoms with Crippen LogP contribution >= 0.6 is 0 Å². The smallest absolute Gasteiger partial charge is 0.276 e. The first-order valence-corrected chi connectivity index (χ1v) is 8.59. The summed E-state index contributed by atoms with van der Waals surface area (Å²) < 4.78 is 32.2. The summed E-state index contributed by atoms with van der Waals surface area (Å²) in [5.74, 6) is 0.654. The van der Waals surface area contributed by atoms with E-state index in [2.05, 4.69) is 19.2 Å². The second-order valence-electron chi connectivity index (χ2n) is 6.11. The van der Waals surface area contributed by atoms with E-state index in [1.807, 2.05) is 6.92 Å². The van der Waals surface area contributed by atoms with Crippen molar-refractivity contribution in [2.75, 3.05) is 19.6 Å². The molecule has 1 aromatic rings. The number of nitrogens with one attached hydrogen (secondary N) is 1. The first-order chi connectivity index (χ1) is 9.35. The minimum atomic E-state index is -3.50. The van der Waals surface area contributed by atoms with Crippen molar-refractivity contribution in [1.29, 1.82) is 0 Å². The van der Waals surface area contributed by atoms with Gasteiger partial charge in [0.2, 0.25) is 5.09 Å². The van der Waals surface area contributed by atoms with Gasteiger partial charge in [0.25, 0.3) is 10.0 Å². The number of hydrogen-bond acceptors (Lipinski definition) is 4. The van der Waals surface area contributed by atoms with E-state index in [-0.39, 0.29) is 10.5 Å². The van der Waals surface area contributed by atoms with E-state index in [1.165, 1.54) is 0 Å². The molecule has 0 spiro atoms. The molecule has 0 radical (unpaired) electrons. The lowest BCUT2D eigenvalue weighted by molar-refractivity contribution is 0.184. The fourth-order valence-corrected chi connectivity index (χ4v) is 4.14. The molecule has 20 heavy (non-hydrogen) atoms. The van der Waals surface area contributed by atoms with Gasteiger partial charge in [0.05, 0.1) is 6.54 Å². The summed E-state index contributed by atoms with van der Waals surface area (Å²) in [6.45, 7) is 8.71. The van der Waals surface area contributed by atoms with E-state index >= 15 is 0 Å². The van der Waals surface area contributed by atoms with E-state index in [4.69, 9.17) is 4.42 Å². The summed E-state index contributed by atoms with van der Waals surface area (Å²) in [4.78, 5) is 0. The van der Waals surface area contributed by atoms with Crippen LogP contribution in [-0.2, 0) is 16.6 Å². The van der Waals surface area contributed by atoms with Crippen molar-refractivity contribution in [3.8, 4) is 0 Å². The lowest BCUT2D eigenvalue weighted by Crippen LogP contribution is -2.43. The average Bonchev–Trinajstić information content (AvgIpc) is 2.84. The van der Waals surface area contributed by atoms with Gasteiger partial charge in [-0.05, 0) is 36.9 Å². The highest BCUT2D eigenvalue weighted by molar-refractivity contribution is 7.89. The van der Waals surface area contributed by atoms with Gasteiger partial charge < -0.3 is 9.73 Å². The Morgan fingerprint density at radius 1 is 1.40 bits per heavy atom. The van der Waals surface area contributed by atoms with Gasteiger partial charge in [0.15, 0.2) is 0 Å². The van der Waals surface area contributed by atoms with Crippen LogP contribution in [0.4, 0.5) is 0 Å². The number of rotatable bonds is 5. The highest BCUT2D eigenvalue weighted by Crippen LogP contribution is 2.32. The molecule has 0 amide bonds. The molecule has 0 unspecified atom stereocenters. The summed E-state index contributed by atoms with van der Waals surface area (Å²) in [7, 11) is -3.50. The molecule has 1 aromatic heterocycles. The van der Waals surface area contributed by atoms with Gasteiger partial charge in [0.1, 0.15) is 5.76 Å². The van der Waals surface area contributed by atoms with Crippen LogP contribution in [-0.4, -0.2) is 32.4 Å². The van der Waals surface area contributed by atoms with Crippen molar-refractivity contribution in [1.82, 2.24) is 9.62 Å². The van der Waals surface area contributed by atoms with E-state index in [0.717, 1.165) is 19.4 Å². The molecule has 0 bridgehead atoms. The molecule has 1 aliphatic heterocycles. The Bertz CT molecular complexity index is 549. The highest BCUT2D eigenvalue weighted by Gasteiger charge is 2.35. The number of sulfonamides is 1. The fraction of sp³-hybridized carbons (Fsp3) is 0.714. The average molecular weight is 300 g/mol. The maximum Gasteiger partial charge on any atom is 0.276 e. The molecular weight excluding hydrogens is 276 g/mol. The van der Waals surface area contributed by atoms with Crippen molar-refractivity contribution in [3.05, 3.63) is 17.9 Å². The van der Waals surface area contributed by atoms with Crippen LogP contribution in [0.15, 0.2) is 21.6 Å². The van der Waals surface area contributed by atoms with E-state index in [0.29, 0.717) is 25.4 Å². The Labute approximate surface area is 121 Å². The van der Waals surface area contributed by atoms with Crippen LogP contribution in [0.3, 0.4) is 0 Å². The lowest BCUT2D eigenvalue weighted by Gasteiger charge is -2.36. The molecule has 0 atom stereocenters. The van der Waals surface area contributed by atoms with Gasteiger partial charge >= 0.3 is 0 Å². The molecule has 5 nitrogen and oxygen atoms in total. The number of furan rings is 1. The zero-order valence-electron chi connectivity index (χ0n) is 12.5. The zero-order valence-corrected chi connectivity index (χ0v) is 13.3. The highest BCUT2D eigenvalue weighted by atomic mass is 32.2. The second kappa shape index (κ2) is 5.87. The van der Waals surface area contributed by atoms with Crippen molar-refractivity contribution >= 4 is 10.0 Å². The number of nitrogens with zero attached hydrogens (tertiary/aromatic N) is 1. The first kappa shape index (κ1) is 15.5. The molecule has 2 heterocycles. The maximum atomic E-state index is 12.6. The Balaban J connectivity index is 2.15. The Morgan fingerprint density at radius 3 is 2.80 bits per heavy atom. The van der Waals surface area contributed by atoms with Crippen LogP contribution in [0.5, 0.6) is 0 Å². The molecule has 114 valence electrons. The van der Waals surface area contributed by atoms with Gasteiger partial charge in [0, 0.05) is 13.1 Å². The fourth-order valence-electron chi connectivity index (χ4n) is 2.54. The molecule has 1 N–H and O–H groups in total. The van der Waals surface area contributed by atoms with Crippen LogP contribution in [0.1, 0.15) is 39.4 Å². The largest absolute Gasteiger partial charge is 0.447 e. The standard InChI is InChI=1S/C14H24N2O3S/c1-4-15-10-12-6-7-13(19-12)20(17,18)16-9-5-8-14(2,3)11-16/h6-7,15H,4-5,8-11H2,1-3H3. The third-order valence-corrected chi connectivity index (χ3v) is 5.37. The molecule has 0 saturated carbocycles. The molecule has 0 aliphatic carbocycles. The summed E-state index contributed by atoms with van der Waals surface area (Å²) in [6.07, 6.45) is 1.96. The third kappa shape index (κ3) is 3.42. The molecule has 1 fully saturated rings. The van der Waals surface area contributed by atoms with Crippen LogP contribution in [0.2, 0.25) is 0 Å². The molecule has 6 heteroatoms. The monoisotopic (exact) mass is 300 g/mol. The SMILES string of the molecule is CCNCc1ccc(S(=O)(=O)N2CCCC(C)(C)C2)o1. The second-order valence-corrected chi connectivity index (χ2v) is 7.98. The molecule has 1 saturated heterocycles. The van der Waals surface area contributed by atoms with Crippen LogP contribution in [0, 0.1) is 5.41 Å². The van der Waals surface area contributed by atoms with E-state index in [9.17, 15) is 8.42 Å². The molecule has 2 rings (SSSR count). The summed E-state index contributed by atoms with van der Waals surface area (Å²) in [5, 5.41) is 3.18. The maximum absolute atomic E-state index is 12.6. The summed E-state index contributed by atoms with van der Waals surface area (Å²) in [5.41, 5.74) is 0.0323. The molecule has 1 aliphatic rings. The van der Waals surface area contributed by atoms with Crippen molar-refractivity contribution in [2.45, 2.75) is 45.2 Å². The number of piperidine rings is 1. The lowest BCUT2D eigenvalue weighted by atomic mass is 9.85. The zero-order chi connectivity index (χ0) is 14.8. The Hall–Kier alpha value is -0.850. The topological polar surface area (TPSA) is 62.6 Å². The predicted molar refractivity (Wildman–Crippen MR) is 77.9 cm³/mol. The Morgan fingerprint density at radius 2 is 2.15 bits per heavy atom. The molecular formula is C14H24N2O3S. The number of hydrogen-bond donors (Lipinski definition) is 1. The van der Waals surface area contributed by atoms with Crippen molar-refractivity contribution in [3.63, 3.8) is 0 Å². The predicted octanol–water partition coefficient (Wildman–Crippen LogP) is 2.20. The van der Waals surface area contributed by atoms with Crippen molar-refractivity contribution < 1.29 is 12.8 Å². The van der Waals surface area contributed by atoms with Crippen molar-refractivity contribution in [2.24, 2.45) is 5.41 Å². The first-order valence-electron chi connectivity index (χ1n) is 7.15. The van der Waals surface area contributed by atoms with Gasteiger partial charge in [-0.2, -0.15) is 4.31 Å².